The molecule has 1 aliphatic rings. The fourth-order valence-electron chi connectivity index (χ4n) is 3.29. The van der Waals surface area contributed by atoms with Crippen LogP contribution in [0.2, 0.25) is 5.02 Å². The van der Waals surface area contributed by atoms with Gasteiger partial charge in [-0.2, -0.15) is 4.98 Å². The number of amides is 1. The van der Waals surface area contributed by atoms with E-state index in [2.05, 4.69) is 10.3 Å². The largest absolute Gasteiger partial charge is 0.493 e. The summed E-state index contributed by atoms with van der Waals surface area (Å²) in [4.78, 5) is 19.1. The molecule has 0 spiro atoms. The molecule has 27 heavy (non-hydrogen) atoms. The van der Waals surface area contributed by atoms with Crippen LogP contribution in [0.4, 0.5) is 6.01 Å². The first-order valence-corrected chi connectivity index (χ1v) is 9.35. The van der Waals surface area contributed by atoms with Gasteiger partial charge in [-0.3, -0.25) is 4.79 Å². The maximum atomic E-state index is 12.9. The zero-order valence-electron chi connectivity index (χ0n) is 14.9. The van der Waals surface area contributed by atoms with Crippen molar-refractivity contribution in [2.45, 2.75) is 19.4 Å². The van der Waals surface area contributed by atoms with E-state index in [1.165, 1.54) is 0 Å². The van der Waals surface area contributed by atoms with E-state index >= 15 is 0 Å². The third-order valence-electron chi connectivity index (χ3n) is 4.57. The number of ether oxygens (including phenoxy) is 1. The lowest BCUT2D eigenvalue weighted by Gasteiger charge is -2.18. The number of anilines is 1. The molecule has 3 aromatic rings. The Morgan fingerprint density at radius 2 is 2.22 bits per heavy atom. The van der Waals surface area contributed by atoms with Gasteiger partial charge in [0.1, 0.15) is 11.3 Å². The summed E-state index contributed by atoms with van der Waals surface area (Å²) in [5.41, 5.74) is 1.98. The SMILES string of the molecule is CCOc1ccccc1C(=O)N1CC[C@@H](Nc2nc3ccc(Cl)cc3o2)C1. The van der Waals surface area contributed by atoms with Gasteiger partial charge in [0.15, 0.2) is 5.58 Å². The van der Waals surface area contributed by atoms with Gasteiger partial charge in [-0.1, -0.05) is 23.7 Å². The van der Waals surface area contributed by atoms with Crippen LogP contribution in [-0.2, 0) is 0 Å². The molecule has 1 aliphatic heterocycles. The molecule has 1 saturated heterocycles. The average Bonchev–Trinajstić information content (AvgIpc) is 3.28. The first kappa shape index (κ1) is 17.7. The van der Waals surface area contributed by atoms with Crippen molar-refractivity contribution in [1.29, 1.82) is 0 Å². The Hall–Kier alpha value is -2.73. The summed E-state index contributed by atoms with van der Waals surface area (Å²) in [5.74, 6) is 0.602. The molecule has 0 radical (unpaired) electrons. The lowest BCUT2D eigenvalue weighted by Crippen LogP contribution is -2.31. The van der Waals surface area contributed by atoms with Crippen LogP contribution >= 0.6 is 11.6 Å². The maximum Gasteiger partial charge on any atom is 0.295 e. The number of nitrogens with one attached hydrogen (secondary N) is 1. The Labute approximate surface area is 162 Å². The molecule has 1 aromatic heterocycles. The number of hydrogen-bond donors (Lipinski definition) is 1. The van der Waals surface area contributed by atoms with Crippen molar-refractivity contribution >= 4 is 34.6 Å². The smallest absolute Gasteiger partial charge is 0.295 e. The zero-order valence-corrected chi connectivity index (χ0v) is 15.7. The Morgan fingerprint density at radius 1 is 1.37 bits per heavy atom. The van der Waals surface area contributed by atoms with Crippen molar-refractivity contribution in [3.8, 4) is 5.75 Å². The molecule has 4 rings (SSSR count). The predicted molar refractivity (Wildman–Crippen MR) is 105 cm³/mol. The molecule has 0 bridgehead atoms. The number of oxazole rings is 1. The standard InChI is InChI=1S/C20H20ClN3O3/c1-2-26-17-6-4-3-5-15(17)19(25)24-10-9-14(12-24)22-20-23-16-8-7-13(21)11-18(16)27-20/h3-8,11,14H,2,9-10,12H2,1H3,(H,22,23)/t14-/m1/s1. The van der Waals surface area contributed by atoms with E-state index in [9.17, 15) is 4.79 Å². The monoisotopic (exact) mass is 385 g/mol. The van der Waals surface area contributed by atoms with E-state index in [1.807, 2.05) is 36.1 Å². The Bertz CT molecular complexity index is 972. The highest BCUT2D eigenvalue weighted by Gasteiger charge is 2.29. The first-order chi connectivity index (χ1) is 13.1. The lowest BCUT2D eigenvalue weighted by atomic mass is 10.2. The first-order valence-electron chi connectivity index (χ1n) is 8.98. The number of benzene rings is 2. The number of carbonyl (C=O) groups excluding carboxylic acids is 1. The number of carbonyl (C=O) groups is 1. The fourth-order valence-corrected chi connectivity index (χ4v) is 3.45. The minimum absolute atomic E-state index is 0.0207. The summed E-state index contributed by atoms with van der Waals surface area (Å²) in [6.07, 6.45) is 0.821. The number of rotatable bonds is 5. The van der Waals surface area contributed by atoms with Gasteiger partial charge in [0.05, 0.1) is 12.2 Å². The molecule has 6 nitrogen and oxygen atoms in total. The zero-order chi connectivity index (χ0) is 18.8. The van der Waals surface area contributed by atoms with E-state index in [1.54, 1.807) is 18.2 Å². The van der Waals surface area contributed by atoms with E-state index in [-0.39, 0.29) is 11.9 Å². The molecule has 2 heterocycles. The topological polar surface area (TPSA) is 67.6 Å². The summed E-state index contributed by atoms with van der Waals surface area (Å²) < 4.78 is 11.3. The van der Waals surface area contributed by atoms with Gasteiger partial charge in [-0.15, -0.1) is 0 Å². The third kappa shape index (κ3) is 3.71. The second-order valence-corrected chi connectivity index (χ2v) is 6.88. The predicted octanol–water partition coefficient (Wildman–Crippen LogP) is 4.21. The van der Waals surface area contributed by atoms with Crippen molar-refractivity contribution in [2.24, 2.45) is 0 Å². The number of aromatic nitrogens is 1. The molecule has 140 valence electrons. The van der Waals surface area contributed by atoms with E-state index in [0.29, 0.717) is 47.6 Å². The Kier molecular flexibility index (Phi) is 4.90. The van der Waals surface area contributed by atoms with Gasteiger partial charge in [0.2, 0.25) is 0 Å². The lowest BCUT2D eigenvalue weighted by molar-refractivity contribution is 0.0787. The van der Waals surface area contributed by atoms with Crippen molar-refractivity contribution in [3.05, 3.63) is 53.1 Å². The number of fused-ring (bicyclic) bond motifs is 1. The summed E-state index contributed by atoms with van der Waals surface area (Å²) >= 11 is 5.98. The van der Waals surface area contributed by atoms with Crippen LogP contribution in [0.15, 0.2) is 46.9 Å². The van der Waals surface area contributed by atoms with Crippen LogP contribution in [0.1, 0.15) is 23.7 Å². The summed E-state index contributed by atoms with van der Waals surface area (Å²) in [5, 5.41) is 3.89. The van der Waals surface area contributed by atoms with Gasteiger partial charge in [-0.25, -0.2) is 0 Å². The van der Waals surface area contributed by atoms with Gasteiger partial charge in [0, 0.05) is 30.2 Å². The Balaban J connectivity index is 1.44. The van der Waals surface area contributed by atoms with Crippen molar-refractivity contribution in [2.75, 3.05) is 25.0 Å². The molecule has 1 atom stereocenters. The molecule has 1 amide bonds. The van der Waals surface area contributed by atoms with Crippen LogP contribution in [-0.4, -0.2) is 41.5 Å². The highest BCUT2D eigenvalue weighted by Crippen LogP contribution is 2.26. The van der Waals surface area contributed by atoms with Gasteiger partial charge in [-0.05, 0) is 37.6 Å². The highest BCUT2D eigenvalue weighted by atomic mass is 35.5. The molecular weight excluding hydrogens is 366 g/mol. The average molecular weight is 386 g/mol. The summed E-state index contributed by atoms with van der Waals surface area (Å²) in [7, 11) is 0. The van der Waals surface area contributed by atoms with Crippen molar-refractivity contribution in [3.63, 3.8) is 0 Å². The number of likely N-dealkylation sites (tertiary alicyclic amines) is 1. The number of nitrogens with zero attached hydrogens (tertiary/aromatic N) is 2. The molecule has 1 N–H and O–H groups in total. The number of hydrogen-bond acceptors (Lipinski definition) is 5. The second kappa shape index (κ2) is 7.48. The molecule has 0 saturated carbocycles. The van der Waals surface area contributed by atoms with Crippen LogP contribution < -0.4 is 10.1 Å². The second-order valence-electron chi connectivity index (χ2n) is 6.44. The molecule has 1 fully saturated rings. The minimum Gasteiger partial charge on any atom is -0.493 e. The minimum atomic E-state index is -0.0207. The van der Waals surface area contributed by atoms with E-state index in [0.717, 1.165) is 11.9 Å². The molecule has 0 unspecified atom stereocenters. The molecule has 0 aliphatic carbocycles. The maximum absolute atomic E-state index is 12.9. The summed E-state index contributed by atoms with van der Waals surface area (Å²) in [6.45, 7) is 3.68. The van der Waals surface area contributed by atoms with Crippen LogP contribution in [0, 0.1) is 0 Å². The number of halogens is 1. The van der Waals surface area contributed by atoms with E-state index in [4.69, 9.17) is 20.8 Å². The Morgan fingerprint density at radius 3 is 3.07 bits per heavy atom. The fraction of sp³-hybridized carbons (Fsp3) is 0.300. The quantitative estimate of drug-likeness (QED) is 0.712. The van der Waals surface area contributed by atoms with Crippen LogP contribution in [0.3, 0.4) is 0 Å². The molecule has 2 aromatic carbocycles. The number of para-hydroxylation sites is 1. The third-order valence-corrected chi connectivity index (χ3v) is 4.81. The molecular formula is C20H20ClN3O3. The summed E-state index contributed by atoms with van der Waals surface area (Å²) in [6, 6.07) is 13.2. The van der Waals surface area contributed by atoms with Crippen LogP contribution in [0.5, 0.6) is 5.75 Å². The van der Waals surface area contributed by atoms with E-state index < -0.39 is 0 Å². The van der Waals surface area contributed by atoms with Gasteiger partial charge < -0.3 is 19.4 Å². The van der Waals surface area contributed by atoms with Crippen molar-refractivity contribution in [1.82, 2.24) is 9.88 Å². The van der Waals surface area contributed by atoms with Crippen molar-refractivity contribution < 1.29 is 13.9 Å². The normalized spacial score (nSPS) is 16.7. The van der Waals surface area contributed by atoms with Gasteiger partial charge in [0.25, 0.3) is 11.9 Å². The highest BCUT2D eigenvalue weighted by molar-refractivity contribution is 6.31. The van der Waals surface area contributed by atoms with Crippen LogP contribution in [0.25, 0.3) is 11.1 Å². The molecule has 7 heteroatoms. The van der Waals surface area contributed by atoms with Gasteiger partial charge >= 0.3 is 0 Å².